The van der Waals surface area contributed by atoms with Crippen LogP contribution < -0.4 is 10.6 Å². The first-order valence-corrected chi connectivity index (χ1v) is 6.92. The van der Waals surface area contributed by atoms with E-state index in [0.29, 0.717) is 12.3 Å². The first-order chi connectivity index (χ1) is 8.45. The first-order valence-electron chi connectivity index (χ1n) is 6.13. The van der Waals surface area contributed by atoms with Crippen LogP contribution in [0, 0.1) is 24.2 Å². The summed E-state index contributed by atoms with van der Waals surface area (Å²) in [6.45, 7) is 8.04. The summed E-state index contributed by atoms with van der Waals surface area (Å²) in [6.07, 6.45) is 0.530. The normalized spacial score (nSPS) is 10.4. The molecular formula is C14H20BrN3. The van der Waals surface area contributed by atoms with Gasteiger partial charge >= 0.3 is 0 Å². The zero-order valence-electron chi connectivity index (χ0n) is 11.2. The van der Waals surface area contributed by atoms with Crippen LogP contribution in [0.4, 0.5) is 11.4 Å². The van der Waals surface area contributed by atoms with Crippen LogP contribution in [0.1, 0.15) is 25.8 Å². The molecular weight excluding hydrogens is 290 g/mol. The van der Waals surface area contributed by atoms with E-state index in [2.05, 4.69) is 46.8 Å². The van der Waals surface area contributed by atoms with Gasteiger partial charge in [0.15, 0.2) is 0 Å². The van der Waals surface area contributed by atoms with Crippen molar-refractivity contribution in [3.63, 3.8) is 0 Å². The number of aryl methyl sites for hydroxylation is 1. The fraction of sp³-hybridized carbons (Fsp3) is 0.500. The van der Waals surface area contributed by atoms with Gasteiger partial charge < -0.3 is 10.6 Å². The van der Waals surface area contributed by atoms with E-state index in [1.807, 2.05) is 13.0 Å². The minimum atomic E-state index is 0.530. The molecule has 98 valence electrons. The summed E-state index contributed by atoms with van der Waals surface area (Å²) in [4.78, 5) is 2.24. The molecule has 0 aliphatic rings. The molecule has 0 aromatic heterocycles. The van der Waals surface area contributed by atoms with Crippen LogP contribution in [0.2, 0.25) is 0 Å². The van der Waals surface area contributed by atoms with Crippen molar-refractivity contribution in [3.05, 3.63) is 22.2 Å². The summed E-state index contributed by atoms with van der Waals surface area (Å²) in [6, 6.07) is 6.22. The first kappa shape index (κ1) is 14.8. The lowest BCUT2D eigenvalue weighted by molar-refractivity contribution is 0.611. The van der Waals surface area contributed by atoms with Gasteiger partial charge in [0.2, 0.25) is 0 Å². The molecule has 3 nitrogen and oxygen atoms in total. The SMILES string of the molecule is Cc1cc(N(CCC#N)CC(C)C)c(Br)cc1N. The monoisotopic (exact) mass is 309 g/mol. The molecule has 0 aliphatic carbocycles. The number of hydrogen-bond acceptors (Lipinski definition) is 3. The van der Waals surface area contributed by atoms with Gasteiger partial charge in [-0.15, -0.1) is 0 Å². The molecule has 0 saturated heterocycles. The summed E-state index contributed by atoms with van der Waals surface area (Å²) in [5, 5.41) is 8.76. The summed E-state index contributed by atoms with van der Waals surface area (Å²) in [5.41, 5.74) is 8.86. The molecule has 0 unspecified atom stereocenters. The fourth-order valence-electron chi connectivity index (χ4n) is 1.86. The van der Waals surface area contributed by atoms with Gasteiger partial charge in [-0.1, -0.05) is 13.8 Å². The number of nitrogens with two attached hydrogens (primary N) is 1. The number of benzene rings is 1. The highest BCUT2D eigenvalue weighted by molar-refractivity contribution is 9.10. The number of nitriles is 1. The molecule has 0 atom stereocenters. The van der Waals surface area contributed by atoms with Gasteiger partial charge in [-0.3, -0.25) is 0 Å². The second-order valence-corrected chi connectivity index (χ2v) is 5.76. The van der Waals surface area contributed by atoms with Crippen LogP contribution in [0.25, 0.3) is 0 Å². The molecule has 0 amide bonds. The lowest BCUT2D eigenvalue weighted by atomic mass is 10.1. The van der Waals surface area contributed by atoms with E-state index in [1.54, 1.807) is 0 Å². The average Bonchev–Trinajstić information content (AvgIpc) is 2.29. The number of anilines is 2. The molecule has 0 saturated carbocycles. The minimum Gasteiger partial charge on any atom is -0.398 e. The van der Waals surface area contributed by atoms with Crippen molar-refractivity contribution in [2.45, 2.75) is 27.2 Å². The van der Waals surface area contributed by atoms with Crippen molar-refractivity contribution in [2.75, 3.05) is 23.7 Å². The maximum absolute atomic E-state index is 8.76. The van der Waals surface area contributed by atoms with E-state index in [0.717, 1.165) is 34.5 Å². The Morgan fingerprint density at radius 2 is 2.11 bits per heavy atom. The quantitative estimate of drug-likeness (QED) is 0.843. The Balaban J connectivity index is 3.04. The van der Waals surface area contributed by atoms with Gasteiger partial charge in [0, 0.05) is 23.2 Å². The topological polar surface area (TPSA) is 53.0 Å². The van der Waals surface area contributed by atoms with Crippen LogP contribution in [0.15, 0.2) is 16.6 Å². The highest BCUT2D eigenvalue weighted by atomic mass is 79.9. The van der Waals surface area contributed by atoms with Crippen molar-refractivity contribution < 1.29 is 0 Å². The smallest absolute Gasteiger partial charge is 0.0640 e. The third kappa shape index (κ3) is 3.92. The standard InChI is InChI=1S/C14H20BrN3/c1-10(2)9-18(6-4-5-16)14-7-11(3)13(17)8-12(14)15/h7-8,10H,4,6,9,17H2,1-3H3. The number of nitrogen functional groups attached to an aromatic ring is 1. The Hall–Kier alpha value is -1.21. The molecule has 0 bridgehead atoms. The lowest BCUT2D eigenvalue weighted by Gasteiger charge is -2.27. The molecule has 4 heteroatoms. The number of halogens is 1. The number of rotatable bonds is 5. The van der Waals surface area contributed by atoms with Crippen molar-refractivity contribution >= 4 is 27.3 Å². The van der Waals surface area contributed by atoms with E-state index in [4.69, 9.17) is 11.0 Å². The van der Waals surface area contributed by atoms with Gasteiger partial charge in [-0.05, 0) is 46.5 Å². The van der Waals surface area contributed by atoms with Gasteiger partial charge in [0.25, 0.3) is 0 Å². The predicted octanol–water partition coefficient (Wildman–Crippen LogP) is 3.72. The van der Waals surface area contributed by atoms with Crippen LogP contribution in [-0.4, -0.2) is 13.1 Å². The fourth-order valence-corrected chi connectivity index (χ4v) is 2.47. The van der Waals surface area contributed by atoms with Crippen molar-refractivity contribution in [1.82, 2.24) is 0 Å². The van der Waals surface area contributed by atoms with Gasteiger partial charge in [-0.25, -0.2) is 0 Å². The maximum atomic E-state index is 8.76. The number of hydrogen-bond donors (Lipinski definition) is 1. The molecule has 18 heavy (non-hydrogen) atoms. The second-order valence-electron chi connectivity index (χ2n) is 4.91. The van der Waals surface area contributed by atoms with Crippen LogP contribution in [0.3, 0.4) is 0 Å². The summed E-state index contributed by atoms with van der Waals surface area (Å²) in [5.74, 6) is 0.549. The summed E-state index contributed by atoms with van der Waals surface area (Å²) < 4.78 is 0.990. The van der Waals surface area contributed by atoms with E-state index in [9.17, 15) is 0 Å². The molecule has 0 fully saturated rings. The van der Waals surface area contributed by atoms with Gasteiger partial charge in [0.05, 0.1) is 18.2 Å². The molecule has 0 aliphatic heterocycles. The molecule has 1 rings (SSSR count). The maximum Gasteiger partial charge on any atom is 0.0640 e. The van der Waals surface area contributed by atoms with E-state index < -0.39 is 0 Å². The Morgan fingerprint density at radius 1 is 1.44 bits per heavy atom. The third-order valence-corrected chi connectivity index (χ3v) is 3.39. The largest absolute Gasteiger partial charge is 0.398 e. The zero-order valence-corrected chi connectivity index (χ0v) is 12.8. The number of nitrogens with zero attached hydrogens (tertiary/aromatic N) is 2. The zero-order chi connectivity index (χ0) is 13.7. The molecule has 0 heterocycles. The van der Waals surface area contributed by atoms with Crippen molar-refractivity contribution in [2.24, 2.45) is 5.92 Å². The van der Waals surface area contributed by atoms with E-state index in [1.165, 1.54) is 0 Å². The van der Waals surface area contributed by atoms with Crippen molar-refractivity contribution in [1.29, 1.82) is 5.26 Å². The Labute approximate surface area is 118 Å². The molecule has 2 N–H and O–H groups in total. The Kier molecular flexibility index (Phi) is 5.49. The second kappa shape index (κ2) is 6.65. The molecule has 1 aromatic rings. The average molecular weight is 310 g/mol. The summed E-state index contributed by atoms with van der Waals surface area (Å²) >= 11 is 3.56. The minimum absolute atomic E-state index is 0.530. The van der Waals surface area contributed by atoms with Crippen LogP contribution >= 0.6 is 15.9 Å². The van der Waals surface area contributed by atoms with Crippen LogP contribution in [-0.2, 0) is 0 Å². The lowest BCUT2D eigenvalue weighted by Crippen LogP contribution is -2.29. The summed E-state index contributed by atoms with van der Waals surface area (Å²) in [7, 11) is 0. The van der Waals surface area contributed by atoms with Crippen LogP contribution in [0.5, 0.6) is 0 Å². The van der Waals surface area contributed by atoms with Gasteiger partial charge in [0.1, 0.15) is 0 Å². The molecule has 0 radical (unpaired) electrons. The van der Waals surface area contributed by atoms with E-state index >= 15 is 0 Å². The highest BCUT2D eigenvalue weighted by Gasteiger charge is 2.13. The highest BCUT2D eigenvalue weighted by Crippen LogP contribution is 2.31. The van der Waals surface area contributed by atoms with Crippen molar-refractivity contribution in [3.8, 4) is 6.07 Å². The Morgan fingerprint density at radius 3 is 2.67 bits per heavy atom. The molecule has 1 aromatic carbocycles. The van der Waals surface area contributed by atoms with Gasteiger partial charge in [-0.2, -0.15) is 5.26 Å². The third-order valence-electron chi connectivity index (χ3n) is 2.76. The predicted molar refractivity (Wildman–Crippen MR) is 80.6 cm³/mol. The van der Waals surface area contributed by atoms with E-state index in [-0.39, 0.29) is 0 Å². The molecule has 0 spiro atoms. The Bertz CT molecular complexity index is 449.